The molecular weight excluding hydrogens is 753 g/mol. The number of carbonyl (C=O) groups is 2. The predicted molar refractivity (Wildman–Crippen MR) is 237 cm³/mol. The van der Waals surface area contributed by atoms with Gasteiger partial charge in [0.25, 0.3) is 0 Å². The Morgan fingerprint density at radius 3 is 1.78 bits per heavy atom. The highest BCUT2D eigenvalue weighted by Crippen LogP contribution is 2.43. The molecule has 0 bridgehead atoms. The summed E-state index contributed by atoms with van der Waals surface area (Å²) in [6, 6.07) is 0. The Kier molecular flexibility index (Phi) is 36.4. The second kappa shape index (κ2) is 39.1. The van der Waals surface area contributed by atoms with Crippen molar-refractivity contribution >= 4 is 19.8 Å². The number of carbonyl (C=O) groups excluding carboxylic acids is 2. The van der Waals surface area contributed by atoms with Crippen LogP contribution in [0.5, 0.6) is 0 Å². The Hall–Kier alpha value is -2.07. The molecule has 1 aliphatic heterocycles. The van der Waals surface area contributed by atoms with Crippen molar-refractivity contribution in [1.82, 2.24) is 0 Å². The molecule has 0 saturated carbocycles. The number of hydrogen-bond donors (Lipinski definition) is 2. The molecule has 1 fully saturated rings. The first-order chi connectivity index (χ1) is 28.3. The summed E-state index contributed by atoms with van der Waals surface area (Å²) in [5.74, 6) is -0.900. The van der Waals surface area contributed by atoms with Crippen LogP contribution in [0.2, 0.25) is 0 Å². The maximum absolute atomic E-state index is 12.6. The van der Waals surface area contributed by atoms with E-state index in [1.165, 1.54) is 109 Å². The van der Waals surface area contributed by atoms with E-state index in [0.717, 1.165) is 44.9 Å². The molecule has 0 aromatic rings. The van der Waals surface area contributed by atoms with Gasteiger partial charge in [-0.15, -0.1) is 0 Å². The predicted octanol–water partition coefficient (Wildman–Crippen LogP) is 12.5. The lowest BCUT2D eigenvalue weighted by atomic mass is 10.1. The van der Waals surface area contributed by atoms with Crippen molar-refractivity contribution in [3.8, 4) is 0 Å². The summed E-state index contributed by atoms with van der Waals surface area (Å²) in [6.07, 6.45) is 47.5. The Labute approximate surface area is 353 Å². The van der Waals surface area contributed by atoms with Crippen LogP contribution < -0.4 is 5.73 Å². The minimum Gasteiger partial charge on any atom is -0.462 e. The molecule has 4 atom stereocenters. The zero-order valence-electron chi connectivity index (χ0n) is 36.7. The van der Waals surface area contributed by atoms with Crippen molar-refractivity contribution in [3.05, 3.63) is 48.6 Å². The molecule has 1 aliphatic rings. The van der Waals surface area contributed by atoms with Crippen molar-refractivity contribution in [1.29, 1.82) is 0 Å². The molecule has 336 valence electrons. The monoisotopic (exact) mass is 838 g/mol. The third-order valence-corrected chi connectivity index (χ3v) is 11.1. The van der Waals surface area contributed by atoms with Gasteiger partial charge in [-0.1, -0.05) is 159 Å². The van der Waals surface area contributed by atoms with Gasteiger partial charge in [-0.05, 0) is 70.6 Å². The second-order valence-electron chi connectivity index (χ2n) is 15.7. The van der Waals surface area contributed by atoms with Crippen molar-refractivity contribution in [3.63, 3.8) is 0 Å². The Morgan fingerprint density at radius 1 is 0.621 bits per heavy atom. The Morgan fingerprint density at radius 2 is 1.14 bits per heavy atom. The van der Waals surface area contributed by atoms with E-state index in [0.29, 0.717) is 25.0 Å². The van der Waals surface area contributed by atoms with E-state index in [1.54, 1.807) is 0 Å². The van der Waals surface area contributed by atoms with Crippen LogP contribution >= 0.6 is 7.82 Å². The van der Waals surface area contributed by atoms with Gasteiger partial charge >= 0.3 is 19.8 Å². The number of allylic oxidation sites excluding steroid dienone is 7. The van der Waals surface area contributed by atoms with E-state index in [-0.39, 0.29) is 32.6 Å². The first-order valence-electron chi connectivity index (χ1n) is 23.2. The molecule has 0 spiro atoms. The fourth-order valence-corrected chi connectivity index (χ4v) is 7.30. The molecule has 0 aromatic carbocycles. The largest absolute Gasteiger partial charge is 0.472 e. The third-order valence-electron chi connectivity index (χ3n) is 10.1. The number of esters is 2. The second-order valence-corrected chi connectivity index (χ2v) is 17.1. The average Bonchev–Trinajstić information content (AvgIpc) is 3.97. The minimum absolute atomic E-state index is 0.0414. The molecule has 1 heterocycles. The zero-order valence-corrected chi connectivity index (χ0v) is 37.6. The number of phosphoric ester groups is 1. The quantitative estimate of drug-likeness (QED) is 0.0200. The molecule has 10 nitrogen and oxygen atoms in total. The summed E-state index contributed by atoms with van der Waals surface area (Å²) in [6.45, 7) is 3.63. The van der Waals surface area contributed by atoms with Gasteiger partial charge in [0.2, 0.25) is 0 Å². The average molecular weight is 838 g/mol. The highest BCUT2D eigenvalue weighted by Gasteiger charge is 2.36. The van der Waals surface area contributed by atoms with Crippen LogP contribution in [0.4, 0.5) is 0 Å². The molecule has 58 heavy (non-hydrogen) atoms. The molecule has 1 rings (SSSR count). The van der Waals surface area contributed by atoms with Crippen molar-refractivity contribution in [2.24, 2.45) is 5.73 Å². The number of hydrogen-bond acceptors (Lipinski definition) is 9. The highest BCUT2D eigenvalue weighted by molar-refractivity contribution is 7.47. The van der Waals surface area contributed by atoms with Gasteiger partial charge in [-0.2, -0.15) is 0 Å². The minimum atomic E-state index is -4.40. The van der Waals surface area contributed by atoms with Crippen LogP contribution in [0, 0.1) is 0 Å². The van der Waals surface area contributed by atoms with Gasteiger partial charge in [0.05, 0.1) is 25.4 Å². The first-order valence-corrected chi connectivity index (χ1v) is 24.7. The molecule has 0 radical (unpaired) electrons. The van der Waals surface area contributed by atoms with E-state index in [2.05, 4.69) is 56.4 Å². The fourth-order valence-electron chi connectivity index (χ4n) is 6.54. The summed E-state index contributed by atoms with van der Waals surface area (Å²) in [5.41, 5.74) is 5.35. The Balaban J connectivity index is 2.18. The molecular formula is C47H84NO9P. The number of nitrogens with two attached hydrogens (primary N) is 1. The fraction of sp³-hybridized carbons (Fsp3) is 0.787. The summed E-state index contributed by atoms with van der Waals surface area (Å²) < 4.78 is 38.5. The summed E-state index contributed by atoms with van der Waals surface area (Å²) in [4.78, 5) is 34.9. The van der Waals surface area contributed by atoms with Crippen LogP contribution in [-0.2, 0) is 37.4 Å². The van der Waals surface area contributed by atoms with Crippen LogP contribution in [0.25, 0.3) is 0 Å². The number of rotatable bonds is 42. The van der Waals surface area contributed by atoms with Gasteiger partial charge in [0.1, 0.15) is 6.61 Å². The van der Waals surface area contributed by atoms with Crippen LogP contribution in [0.15, 0.2) is 48.6 Å². The first kappa shape index (κ1) is 53.9. The van der Waals surface area contributed by atoms with Crippen LogP contribution in [-0.4, -0.2) is 61.5 Å². The lowest BCUT2D eigenvalue weighted by Crippen LogP contribution is -2.29. The molecule has 0 aromatic heterocycles. The summed E-state index contributed by atoms with van der Waals surface area (Å²) in [7, 11) is -4.40. The van der Waals surface area contributed by atoms with Crippen LogP contribution in [0.1, 0.15) is 194 Å². The molecule has 3 unspecified atom stereocenters. The van der Waals surface area contributed by atoms with Gasteiger partial charge in [0.15, 0.2) is 6.10 Å². The van der Waals surface area contributed by atoms with E-state index in [9.17, 15) is 19.0 Å². The van der Waals surface area contributed by atoms with E-state index in [1.807, 2.05) is 6.08 Å². The van der Waals surface area contributed by atoms with E-state index < -0.39 is 32.5 Å². The van der Waals surface area contributed by atoms with Gasteiger partial charge in [-0.25, -0.2) is 4.57 Å². The smallest absolute Gasteiger partial charge is 0.462 e. The topological polar surface area (TPSA) is 147 Å². The van der Waals surface area contributed by atoms with Crippen molar-refractivity contribution in [2.75, 3.05) is 26.4 Å². The lowest BCUT2D eigenvalue weighted by molar-refractivity contribution is -0.161. The standard InChI is InChI=1S/C47H84NO9P/c1-3-5-7-8-9-10-11-12-13-14-15-16-17-18-19-23-26-29-33-37-46(49)53-41-43(42-55-58(51,52)54-40-39-48)56-47(50)38-34-30-27-24-21-20-22-25-28-32-36-45-44(57-45)35-31-6-4-2/h12-13,20,22,24,27-28,32,43-45H,3-11,14-19,21,23,25-26,29-31,33-42,48H2,1-2H3,(H,51,52)/b13-12-,22-20-,27-24-,32-28-/t43-,44?,45?/m1/s1. The number of phosphoric acid groups is 1. The SMILES string of the molecule is CCCCCCCC/C=C\CCCCCCCCCCCC(=O)OC[C@H](COP(=O)(O)OCCN)OC(=O)CCC/C=C\C/C=C\C/C=C\CC1OC1CCCCC. The zero-order chi connectivity index (χ0) is 42.2. The number of unbranched alkanes of at least 4 members (excludes halogenated alkanes) is 18. The maximum Gasteiger partial charge on any atom is 0.472 e. The molecule has 1 saturated heterocycles. The normalized spacial score (nSPS) is 17.2. The van der Waals surface area contributed by atoms with Gasteiger partial charge in [-0.3, -0.25) is 18.6 Å². The van der Waals surface area contributed by atoms with E-state index >= 15 is 0 Å². The molecule has 11 heteroatoms. The van der Waals surface area contributed by atoms with Crippen LogP contribution in [0.3, 0.4) is 0 Å². The van der Waals surface area contributed by atoms with Crippen molar-refractivity contribution < 1.29 is 42.3 Å². The van der Waals surface area contributed by atoms with Gasteiger partial charge < -0.3 is 24.8 Å². The van der Waals surface area contributed by atoms with Crippen molar-refractivity contribution in [2.45, 2.75) is 212 Å². The van der Waals surface area contributed by atoms with E-state index in [4.69, 9.17) is 29.0 Å². The molecule has 3 N–H and O–H groups in total. The summed E-state index contributed by atoms with van der Waals surface area (Å²) in [5, 5.41) is 0. The number of epoxide rings is 1. The lowest BCUT2D eigenvalue weighted by Gasteiger charge is -2.19. The molecule has 0 aliphatic carbocycles. The Bertz CT molecular complexity index is 1160. The van der Waals surface area contributed by atoms with Gasteiger partial charge in [0, 0.05) is 19.4 Å². The number of ether oxygens (including phenoxy) is 3. The maximum atomic E-state index is 12.6. The molecule has 0 amide bonds. The summed E-state index contributed by atoms with van der Waals surface area (Å²) >= 11 is 0. The highest BCUT2D eigenvalue weighted by atomic mass is 31.2. The third kappa shape index (κ3) is 35.8.